The van der Waals surface area contributed by atoms with Crippen LogP contribution in [0.1, 0.15) is 12.5 Å². The molecular formula is C11H15Cl2N. The first-order chi connectivity index (χ1) is 6.72. The maximum Gasteiger partial charge on any atom is 0.0406 e. The smallest absolute Gasteiger partial charge is 0.0406 e. The molecule has 1 aromatic rings. The second kappa shape index (κ2) is 6.28. The average molecular weight is 232 g/mol. The van der Waals surface area contributed by atoms with Crippen LogP contribution >= 0.6 is 23.2 Å². The van der Waals surface area contributed by atoms with Gasteiger partial charge in [0.1, 0.15) is 0 Å². The molecule has 1 rings (SSSR count). The highest BCUT2D eigenvalue weighted by molar-refractivity contribution is 6.30. The molecule has 0 amide bonds. The minimum atomic E-state index is 0.518. The van der Waals surface area contributed by atoms with E-state index in [1.54, 1.807) is 0 Å². The minimum Gasteiger partial charge on any atom is -0.312 e. The standard InChI is InChI=1S/C11H15Cl2N/c1-9(6-12)7-14-8-10-2-4-11(13)5-3-10/h2-5,9,14H,6-8H2,1H3. The van der Waals surface area contributed by atoms with Crippen molar-refractivity contribution in [2.24, 2.45) is 5.92 Å². The molecule has 0 spiro atoms. The summed E-state index contributed by atoms with van der Waals surface area (Å²) in [6, 6.07) is 7.87. The van der Waals surface area contributed by atoms with Gasteiger partial charge >= 0.3 is 0 Å². The predicted molar refractivity (Wildman–Crippen MR) is 63.0 cm³/mol. The molecular weight excluding hydrogens is 217 g/mol. The summed E-state index contributed by atoms with van der Waals surface area (Å²) in [4.78, 5) is 0. The molecule has 0 saturated carbocycles. The normalized spacial score (nSPS) is 12.8. The van der Waals surface area contributed by atoms with Crippen LogP contribution < -0.4 is 5.32 Å². The van der Waals surface area contributed by atoms with Gasteiger partial charge < -0.3 is 5.32 Å². The summed E-state index contributed by atoms with van der Waals surface area (Å²) < 4.78 is 0. The minimum absolute atomic E-state index is 0.518. The summed E-state index contributed by atoms with van der Waals surface area (Å²) in [6.45, 7) is 3.95. The fourth-order valence-corrected chi connectivity index (χ4v) is 1.35. The van der Waals surface area contributed by atoms with E-state index in [2.05, 4.69) is 12.2 Å². The molecule has 0 bridgehead atoms. The van der Waals surface area contributed by atoms with Gasteiger partial charge in [0.25, 0.3) is 0 Å². The van der Waals surface area contributed by atoms with Crippen LogP contribution in [0.15, 0.2) is 24.3 Å². The third-order valence-corrected chi connectivity index (χ3v) is 2.78. The maximum absolute atomic E-state index is 5.78. The van der Waals surface area contributed by atoms with E-state index < -0.39 is 0 Å². The Kier molecular flexibility index (Phi) is 5.31. The Labute approximate surface area is 95.4 Å². The van der Waals surface area contributed by atoms with Gasteiger partial charge in [0, 0.05) is 17.4 Å². The molecule has 1 unspecified atom stereocenters. The monoisotopic (exact) mass is 231 g/mol. The van der Waals surface area contributed by atoms with E-state index in [1.807, 2.05) is 24.3 Å². The molecule has 0 aliphatic heterocycles. The van der Waals surface area contributed by atoms with Crippen LogP contribution in [0.3, 0.4) is 0 Å². The van der Waals surface area contributed by atoms with Crippen molar-refractivity contribution in [2.45, 2.75) is 13.5 Å². The first kappa shape index (κ1) is 11.8. The summed E-state index contributed by atoms with van der Waals surface area (Å²) >= 11 is 11.5. The molecule has 0 aromatic heterocycles. The second-order valence-corrected chi connectivity index (χ2v) is 4.26. The topological polar surface area (TPSA) is 12.0 Å². The molecule has 0 heterocycles. The molecule has 0 saturated heterocycles. The van der Waals surface area contributed by atoms with Crippen LogP contribution in [0.4, 0.5) is 0 Å². The van der Waals surface area contributed by atoms with Gasteiger partial charge in [-0.1, -0.05) is 30.7 Å². The van der Waals surface area contributed by atoms with Crippen molar-refractivity contribution >= 4 is 23.2 Å². The molecule has 1 N–H and O–H groups in total. The number of rotatable bonds is 5. The lowest BCUT2D eigenvalue weighted by Gasteiger charge is -2.09. The van der Waals surface area contributed by atoms with Crippen molar-refractivity contribution in [3.63, 3.8) is 0 Å². The number of alkyl halides is 1. The highest BCUT2D eigenvalue weighted by atomic mass is 35.5. The zero-order valence-electron chi connectivity index (χ0n) is 8.26. The maximum atomic E-state index is 5.78. The summed E-state index contributed by atoms with van der Waals surface area (Å²) in [5, 5.41) is 4.12. The van der Waals surface area contributed by atoms with Gasteiger partial charge in [-0.2, -0.15) is 0 Å². The van der Waals surface area contributed by atoms with E-state index in [0.29, 0.717) is 11.8 Å². The number of nitrogens with one attached hydrogen (secondary N) is 1. The lowest BCUT2D eigenvalue weighted by Crippen LogP contribution is -2.21. The molecule has 0 radical (unpaired) electrons. The lowest BCUT2D eigenvalue weighted by atomic mass is 10.2. The quantitative estimate of drug-likeness (QED) is 0.768. The third-order valence-electron chi connectivity index (χ3n) is 2.00. The number of hydrogen-bond acceptors (Lipinski definition) is 1. The first-order valence-corrected chi connectivity index (χ1v) is 5.64. The highest BCUT2D eigenvalue weighted by Gasteiger charge is 1.98. The SMILES string of the molecule is CC(CCl)CNCc1ccc(Cl)cc1. The van der Waals surface area contributed by atoms with Crippen molar-refractivity contribution in [3.05, 3.63) is 34.9 Å². The Morgan fingerprint density at radius 2 is 1.93 bits per heavy atom. The Balaban J connectivity index is 2.28. The van der Waals surface area contributed by atoms with E-state index in [0.717, 1.165) is 18.1 Å². The van der Waals surface area contributed by atoms with Crippen LogP contribution in [0.25, 0.3) is 0 Å². The van der Waals surface area contributed by atoms with Crippen LogP contribution in [-0.2, 0) is 6.54 Å². The van der Waals surface area contributed by atoms with E-state index in [9.17, 15) is 0 Å². The lowest BCUT2D eigenvalue weighted by molar-refractivity contribution is 0.557. The first-order valence-electron chi connectivity index (χ1n) is 4.73. The zero-order chi connectivity index (χ0) is 10.4. The van der Waals surface area contributed by atoms with Crippen LogP contribution in [-0.4, -0.2) is 12.4 Å². The summed E-state index contributed by atoms with van der Waals surface area (Å²) in [5.41, 5.74) is 1.25. The fraction of sp³-hybridized carbons (Fsp3) is 0.455. The van der Waals surface area contributed by atoms with E-state index >= 15 is 0 Å². The Morgan fingerprint density at radius 1 is 1.29 bits per heavy atom. The van der Waals surface area contributed by atoms with Crippen molar-refractivity contribution < 1.29 is 0 Å². The van der Waals surface area contributed by atoms with Crippen molar-refractivity contribution in [2.75, 3.05) is 12.4 Å². The van der Waals surface area contributed by atoms with Crippen LogP contribution in [0.2, 0.25) is 5.02 Å². The third kappa shape index (κ3) is 4.32. The molecule has 14 heavy (non-hydrogen) atoms. The highest BCUT2D eigenvalue weighted by Crippen LogP contribution is 2.09. The van der Waals surface area contributed by atoms with Crippen molar-refractivity contribution in [1.82, 2.24) is 5.32 Å². The van der Waals surface area contributed by atoms with E-state index in [1.165, 1.54) is 5.56 Å². The average Bonchev–Trinajstić information content (AvgIpc) is 2.21. The molecule has 1 aromatic carbocycles. The molecule has 3 heteroatoms. The fourth-order valence-electron chi connectivity index (χ4n) is 1.12. The predicted octanol–water partition coefficient (Wildman–Crippen LogP) is 3.30. The summed E-state index contributed by atoms with van der Waals surface area (Å²) in [7, 11) is 0. The molecule has 1 atom stereocenters. The largest absolute Gasteiger partial charge is 0.312 e. The van der Waals surface area contributed by atoms with Gasteiger partial charge in [-0.3, -0.25) is 0 Å². The van der Waals surface area contributed by atoms with E-state index in [-0.39, 0.29) is 0 Å². The van der Waals surface area contributed by atoms with Gasteiger partial charge in [0.05, 0.1) is 0 Å². The van der Waals surface area contributed by atoms with Gasteiger partial charge in [-0.15, -0.1) is 11.6 Å². The summed E-state index contributed by atoms with van der Waals surface area (Å²) in [5.74, 6) is 1.22. The van der Waals surface area contributed by atoms with Gasteiger partial charge in [-0.25, -0.2) is 0 Å². The van der Waals surface area contributed by atoms with Gasteiger partial charge in [0.2, 0.25) is 0 Å². The van der Waals surface area contributed by atoms with E-state index in [4.69, 9.17) is 23.2 Å². The van der Waals surface area contributed by atoms with Gasteiger partial charge in [0.15, 0.2) is 0 Å². The zero-order valence-corrected chi connectivity index (χ0v) is 9.78. The van der Waals surface area contributed by atoms with Crippen molar-refractivity contribution in [3.8, 4) is 0 Å². The molecule has 0 aliphatic carbocycles. The van der Waals surface area contributed by atoms with Crippen molar-refractivity contribution in [1.29, 1.82) is 0 Å². The molecule has 0 aliphatic rings. The molecule has 78 valence electrons. The summed E-state index contributed by atoms with van der Waals surface area (Å²) in [6.07, 6.45) is 0. The Morgan fingerprint density at radius 3 is 2.50 bits per heavy atom. The Hall–Kier alpha value is -0.240. The number of hydrogen-bond donors (Lipinski definition) is 1. The number of halogens is 2. The van der Waals surface area contributed by atoms with Gasteiger partial charge in [-0.05, 0) is 30.2 Å². The van der Waals surface area contributed by atoms with Crippen LogP contribution in [0, 0.1) is 5.92 Å². The second-order valence-electron chi connectivity index (χ2n) is 3.52. The Bertz CT molecular complexity index is 258. The number of benzene rings is 1. The molecule has 0 fully saturated rings. The molecule has 1 nitrogen and oxygen atoms in total. The van der Waals surface area contributed by atoms with Crippen LogP contribution in [0.5, 0.6) is 0 Å².